The van der Waals surface area contributed by atoms with E-state index in [0.29, 0.717) is 12.4 Å². The van der Waals surface area contributed by atoms with Gasteiger partial charge in [-0.05, 0) is 28.8 Å². The highest BCUT2D eigenvalue weighted by molar-refractivity contribution is 9.10. The van der Waals surface area contributed by atoms with E-state index >= 15 is 0 Å². The molecular weight excluding hydrogens is 534 g/mol. The third-order valence-corrected chi connectivity index (χ3v) is 7.48. The van der Waals surface area contributed by atoms with Gasteiger partial charge in [-0.3, -0.25) is 0 Å². The maximum Gasteiger partial charge on any atom is 0.183 e. The first kappa shape index (κ1) is 22.6. The van der Waals surface area contributed by atoms with Crippen LogP contribution < -0.4 is 0 Å². The van der Waals surface area contributed by atoms with Crippen LogP contribution in [0.2, 0.25) is 0 Å². The molecule has 182 valence electrons. The van der Waals surface area contributed by atoms with Gasteiger partial charge in [-0.15, -0.1) is 5.10 Å². The lowest BCUT2D eigenvalue weighted by molar-refractivity contribution is 0.826. The molecule has 7 rings (SSSR count). The number of hydrogen-bond donors (Lipinski definition) is 0. The van der Waals surface area contributed by atoms with Crippen molar-refractivity contribution in [1.29, 1.82) is 0 Å². The third-order valence-electron chi connectivity index (χ3n) is 6.79. The lowest BCUT2D eigenvalue weighted by Crippen LogP contribution is -2.03. The van der Waals surface area contributed by atoms with Crippen LogP contribution in [0.3, 0.4) is 0 Å². The molecule has 0 saturated heterocycles. The van der Waals surface area contributed by atoms with Crippen molar-refractivity contribution < 1.29 is 0 Å². The molecule has 0 saturated carbocycles. The van der Waals surface area contributed by atoms with Crippen LogP contribution in [0.4, 0.5) is 0 Å². The maximum atomic E-state index is 5.08. The van der Waals surface area contributed by atoms with Crippen molar-refractivity contribution in [2.75, 3.05) is 0 Å². The molecule has 0 aliphatic rings. The highest BCUT2D eigenvalue weighted by atomic mass is 79.9. The van der Waals surface area contributed by atoms with Crippen LogP contribution in [-0.4, -0.2) is 24.1 Å². The van der Waals surface area contributed by atoms with Crippen molar-refractivity contribution in [3.8, 4) is 33.8 Å². The van der Waals surface area contributed by atoms with E-state index in [0.717, 1.165) is 49.1 Å². The fourth-order valence-electron chi connectivity index (χ4n) is 5.09. The minimum Gasteiger partial charge on any atom is -0.320 e. The second-order valence-electron chi connectivity index (χ2n) is 9.15. The second kappa shape index (κ2) is 9.39. The largest absolute Gasteiger partial charge is 0.320 e. The van der Waals surface area contributed by atoms with E-state index in [1.807, 2.05) is 36.4 Å². The molecule has 0 unspecified atom stereocenters. The van der Waals surface area contributed by atoms with Crippen molar-refractivity contribution in [3.63, 3.8) is 0 Å². The Morgan fingerprint density at radius 3 is 2.00 bits per heavy atom. The molecule has 5 nitrogen and oxygen atoms in total. The average Bonchev–Trinajstić information content (AvgIpc) is 3.54. The Labute approximate surface area is 228 Å². The minimum atomic E-state index is 0.655. The molecule has 6 heteroatoms. The van der Waals surface area contributed by atoms with Crippen molar-refractivity contribution >= 4 is 32.6 Å². The first-order valence-electron chi connectivity index (χ1n) is 12.4. The molecule has 0 atom stereocenters. The van der Waals surface area contributed by atoms with Crippen LogP contribution in [-0.2, 0) is 6.54 Å². The number of aromatic nitrogens is 5. The van der Waals surface area contributed by atoms with Gasteiger partial charge in [0.2, 0.25) is 0 Å². The van der Waals surface area contributed by atoms with Gasteiger partial charge < -0.3 is 4.57 Å². The summed E-state index contributed by atoms with van der Waals surface area (Å²) in [6, 6.07) is 39.6. The molecule has 4 aromatic carbocycles. The van der Waals surface area contributed by atoms with Gasteiger partial charge in [0.1, 0.15) is 12.0 Å². The number of benzene rings is 4. The van der Waals surface area contributed by atoms with Crippen molar-refractivity contribution in [2.45, 2.75) is 6.54 Å². The lowest BCUT2D eigenvalue weighted by Gasteiger charge is -2.13. The summed E-state index contributed by atoms with van der Waals surface area (Å²) in [6.45, 7) is 0.683. The van der Waals surface area contributed by atoms with E-state index in [1.54, 1.807) is 10.8 Å². The van der Waals surface area contributed by atoms with Crippen LogP contribution in [0, 0.1) is 0 Å². The van der Waals surface area contributed by atoms with Crippen LogP contribution in [0.25, 0.3) is 50.5 Å². The van der Waals surface area contributed by atoms with E-state index in [4.69, 9.17) is 15.1 Å². The molecule has 3 aromatic heterocycles. The second-order valence-corrected chi connectivity index (χ2v) is 10.0. The molecule has 7 aromatic rings. The predicted octanol–water partition coefficient (Wildman–Crippen LogP) is 7.89. The zero-order valence-electron chi connectivity index (χ0n) is 20.4. The third kappa shape index (κ3) is 3.81. The smallest absolute Gasteiger partial charge is 0.183 e. The average molecular weight is 556 g/mol. The molecule has 38 heavy (non-hydrogen) atoms. The highest BCUT2D eigenvalue weighted by Crippen LogP contribution is 2.42. The fourth-order valence-corrected chi connectivity index (χ4v) is 5.56. The Balaban J connectivity index is 1.61. The van der Waals surface area contributed by atoms with E-state index in [-0.39, 0.29) is 0 Å². The monoisotopic (exact) mass is 555 g/mol. The molecule has 0 spiro atoms. The fraction of sp³-hybridized carbons (Fsp3) is 0.0312. The Morgan fingerprint density at radius 1 is 0.658 bits per heavy atom. The van der Waals surface area contributed by atoms with Crippen molar-refractivity contribution in [1.82, 2.24) is 24.1 Å². The van der Waals surface area contributed by atoms with Gasteiger partial charge in [-0.25, -0.2) is 14.5 Å². The lowest BCUT2D eigenvalue weighted by atomic mass is 9.99. The van der Waals surface area contributed by atoms with Crippen LogP contribution in [0.5, 0.6) is 0 Å². The SMILES string of the molecule is Brc1ccccc1-c1nc2c3c(-c4ccccc4)c(-c4ccccc4)n(Cc4ccccc4)c3ncn2n1. The molecule has 0 fully saturated rings. The predicted molar refractivity (Wildman–Crippen MR) is 156 cm³/mol. The van der Waals surface area contributed by atoms with Gasteiger partial charge in [0.15, 0.2) is 11.5 Å². The van der Waals surface area contributed by atoms with Crippen LogP contribution in [0.15, 0.2) is 126 Å². The summed E-state index contributed by atoms with van der Waals surface area (Å²) in [6.07, 6.45) is 1.77. The first-order valence-corrected chi connectivity index (χ1v) is 13.2. The molecule has 0 amide bonds. The summed E-state index contributed by atoms with van der Waals surface area (Å²) < 4.78 is 5.07. The zero-order valence-corrected chi connectivity index (χ0v) is 22.0. The van der Waals surface area contributed by atoms with Gasteiger partial charge in [0.25, 0.3) is 0 Å². The van der Waals surface area contributed by atoms with E-state index in [9.17, 15) is 0 Å². The number of nitrogens with zero attached hydrogens (tertiary/aromatic N) is 5. The summed E-state index contributed by atoms with van der Waals surface area (Å²) >= 11 is 3.67. The Kier molecular flexibility index (Phi) is 5.60. The first-order chi connectivity index (χ1) is 18.8. The van der Waals surface area contributed by atoms with E-state index < -0.39 is 0 Å². The standard InChI is InChI=1S/C32H22BrN5/c33-26-19-11-10-18-25(26)30-35-32-28-27(23-14-6-2-7-15-23)29(24-16-8-3-9-17-24)37(20-22-12-4-1-5-13-22)31(28)34-21-38(32)36-30/h1-19,21H,20H2. The Hall–Kier alpha value is -4.55. The number of fused-ring (bicyclic) bond motifs is 3. The molecular formula is C32H22BrN5. The molecule has 0 N–H and O–H groups in total. The summed E-state index contributed by atoms with van der Waals surface area (Å²) in [5, 5.41) is 5.81. The van der Waals surface area contributed by atoms with Crippen LogP contribution in [0.1, 0.15) is 5.56 Å². The Morgan fingerprint density at radius 2 is 1.29 bits per heavy atom. The summed E-state index contributed by atoms with van der Waals surface area (Å²) in [4.78, 5) is 10.1. The molecule has 3 heterocycles. The topological polar surface area (TPSA) is 48.0 Å². The number of rotatable bonds is 5. The molecule has 0 aliphatic heterocycles. The van der Waals surface area contributed by atoms with Gasteiger partial charge in [-0.2, -0.15) is 0 Å². The van der Waals surface area contributed by atoms with E-state index in [1.165, 1.54) is 5.56 Å². The highest BCUT2D eigenvalue weighted by Gasteiger charge is 2.25. The molecule has 0 radical (unpaired) electrons. The maximum absolute atomic E-state index is 5.08. The normalized spacial score (nSPS) is 11.4. The van der Waals surface area contributed by atoms with Gasteiger partial charge >= 0.3 is 0 Å². The number of halogens is 1. The molecule has 0 aliphatic carbocycles. The van der Waals surface area contributed by atoms with Crippen molar-refractivity contribution in [2.24, 2.45) is 0 Å². The van der Waals surface area contributed by atoms with Gasteiger partial charge in [-0.1, -0.05) is 119 Å². The summed E-state index contributed by atoms with van der Waals surface area (Å²) in [5.74, 6) is 0.655. The quantitative estimate of drug-likeness (QED) is 0.217. The zero-order chi connectivity index (χ0) is 25.5. The molecule has 0 bridgehead atoms. The summed E-state index contributed by atoms with van der Waals surface area (Å²) in [5.41, 5.74) is 8.27. The van der Waals surface area contributed by atoms with E-state index in [2.05, 4.69) is 99.4 Å². The minimum absolute atomic E-state index is 0.655. The van der Waals surface area contributed by atoms with Crippen LogP contribution >= 0.6 is 15.9 Å². The Bertz CT molecular complexity index is 1890. The van der Waals surface area contributed by atoms with Gasteiger partial charge in [0.05, 0.1) is 11.1 Å². The van der Waals surface area contributed by atoms with Gasteiger partial charge in [0, 0.05) is 22.1 Å². The number of hydrogen-bond acceptors (Lipinski definition) is 3. The summed E-state index contributed by atoms with van der Waals surface area (Å²) in [7, 11) is 0. The van der Waals surface area contributed by atoms with Crippen molar-refractivity contribution in [3.05, 3.63) is 132 Å².